The Kier molecular flexibility index (Phi) is 3.79. The molecule has 1 saturated heterocycles. The molecule has 1 aliphatic heterocycles. The maximum atomic E-state index is 11.6. The summed E-state index contributed by atoms with van der Waals surface area (Å²) in [6.07, 6.45) is 1.86. The summed E-state index contributed by atoms with van der Waals surface area (Å²) in [5.41, 5.74) is 0.364. The van der Waals surface area contributed by atoms with Crippen LogP contribution in [0.2, 0.25) is 0 Å². The molecule has 0 aromatic heterocycles. The maximum Gasteiger partial charge on any atom is 0.294 e. The first-order valence-electron chi connectivity index (χ1n) is 6.03. The number of benzene rings is 1. The van der Waals surface area contributed by atoms with Gasteiger partial charge >= 0.3 is 0 Å². The van der Waals surface area contributed by atoms with Crippen molar-refractivity contribution in [1.29, 1.82) is 0 Å². The van der Waals surface area contributed by atoms with Crippen molar-refractivity contribution >= 4 is 28.9 Å². The molecular weight excluding hydrogens is 262 g/mol. The molecular formula is C13H13N3O4. The van der Waals surface area contributed by atoms with Crippen LogP contribution in [0.25, 0.3) is 0 Å². The lowest BCUT2D eigenvalue weighted by atomic mass is 10.2. The van der Waals surface area contributed by atoms with Crippen molar-refractivity contribution in [2.45, 2.75) is 12.8 Å². The fourth-order valence-corrected chi connectivity index (χ4v) is 2.01. The van der Waals surface area contributed by atoms with E-state index in [0.717, 1.165) is 4.90 Å². The van der Waals surface area contributed by atoms with Gasteiger partial charge in [-0.15, -0.1) is 6.58 Å². The van der Waals surface area contributed by atoms with Crippen LogP contribution in [0.5, 0.6) is 0 Å². The Bertz CT molecular complexity index is 581. The average Bonchev–Trinajstić information content (AvgIpc) is 2.75. The van der Waals surface area contributed by atoms with Crippen molar-refractivity contribution in [2.24, 2.45) is 0 Å². The highest BCUT2D eigenvalue weighted by molar-refractivity contribution is 6.20. The molecule has 1 heterocycles. The predicted octanol–water partition coefficient (Wildman–Crippen LogP) is 1.85. The molecule has 2 amide bonds. The zero-order chi connectivity index (χ0) is 14.7. The van der Waals surface area contributed by atoms with Gasteiger partial charge in [0.15, 0.2) is 0 Å². The predicted molar refractivity (Wildman–Crippen MR) is 73.5 cm³/mol. The standard InChI is InChI=1S/C13H13N3O4/c1-2-7-14-10-4-3-9(8-11(10)16(19)20)15-12(17)5-6-13(15)18/h2-4,8,14H,1,5-7H2. The molecule has 7 nitrogen and oxygen atoms in total. The van der Waals surface area contributed by atoms with Crippen molar-refractivity contribution in [3.63, 3.8) is 0 Å². The molecule has 0 spiro atoms. The van der Waals surface area contributed by atoms with Gasteiger partial charge in [-0.25, -0.2) is 0 Å². The molecule has 0 atom stereocenters. The van der Waals surface area contributed by atoms with Crippen LogP contribution < -0.4 is 10.2 Å². The largest absolute Gasteiger partial charge is 0.376 e. The minimum atomic E-state index is -0.556. The van der Waals surface area contributed by atoms with E-state index in [9.17, 15) is 19.7 Å². The summed E-state index contributed by atoms with van der Waals surface area (Å²) in [6.45, 7) is 3.90. The molecule has 7 heteroatoms. The Morgan fingerprint density at radius 3 is 2.55 bits per heavy atom. The van der Waals surface area contributed by atoms with Gasteiger partial charge in [0.05, 0.1) is 10.6 Å². The molecule has 1 fully saturated rings. The Labute approximate surface area is 115 Å². The highest BCUT2D eigenvalue weighted by atomic mass is 16.6. The second-order valence-corrected chi connectivity index (χ2v) is 4.25. The average molecular weight is 275 g/mol. The third-order valence-corrected chi connectivity index (χ3v) is 2.92. The summed E-state index contributed by atoms with van der Waals surface area (Å²) in [5, 5.41) is 13.9. The van der Waals surface area contributed by atoms with Gasteiger partial charge in [-0.3, -0.25) is 24.6 Å². The molecule has 1 aromatic carbocycles. The van der Waals surface area contributed by atoms with E-state index in [1.54, 1.807) is 6.08 Å². The first-order valence-corrected chi connectivity index (χ1v) is 6.03. The zero-order valence-electron chi connectivity index (χ0n) is 10.7. The molecule has 0 bridgehead atoms. The molecule has 20 heavy (non-hydrogen) atoms. The van der Waals surface area contributed by atoms with E-state index >= 15 is 0 Å². The van der Waals surface area contributed by atoms with Crippen LogP contribution in [0.15, 0.2) is 30.9 Å². The van der Waals surface area contributed by atoms with Gasteiger partial charge in [0, 0.05) is 25.5 Å². The summed E-state index contributed by atoms with van der Waals surface area (Å²) in [5.74, 6) is -0.674. The van der Waals surface area contributed by atoms with Gasteiger partial charge in [0.2, 0.25) is 11.8 Å². The topological polar surface area (TPSA) is 92.6 Å². The second-order valence-electron chi connectivity index (χ2n) is 4.25. The van der Waals surface area contributed by atoms with Crippen LogP contribution in [-0.4, -0.2) is 23.3 Å². The number of imide groups is 1. The molecule has 0 unspecified atom stereocenters. The van der Waals surface area contributed by atoms with E-state index in [4.69, 9.17) is 0 Å². The lowest BCUT2D eigenvalue weighted by molar-refractivity contribution is -0.383. The molecule has 0 aliphatic carbocycles. The number of nitrogens with one attached hydrogen (secondary N) is 1. The van der Waals surface area contributed by atoms with Gasteiger partial charge in [-0.05, 0) is 12.1 Å². The fraction of sp³-hybridized carbons (Fsp3) is 0.231. The van der Waals surface area contributed by atoms with Crippen LogP contribution in [0.4, 0.5) is 17.1 Å². The molecule has 0 radical (unpaired) electrons. The Morgan fingerprint density at radius 1 is 1.35 bits per heavy atom. The van der Waals surface area contributed by atoms with Gasteiger partial charge in [0.25, 0.3) is 5.69 Å². The summed E-state index contributed by atoms with van der Waals surface area (Å²) in [6, 6.07) is 4.22. The summed E-state index contributed by atoms with van der Waals surface area (Å²) >= 11 is 0. The van der Waals surface area contributed by atoms with E-state index in [-0.39, 0.29) is 36.0 Å². The normalized spacial score (nSPS) is 14.5. The van der Waals surface area contributed by atoms with E-state index in [1.807, 2.05) is 0 Å². The fourth-order valence-electron chi connectivity index (χ4n) is 2.01. The first kappa shape index (κ1) is 13.7. The second kappa shape index (κ2) is 5.52. The Hall–Kier alpha value is -2.70. The molecule has 2 rings (SSSR count). The number of anilines is 2. The lowest BCUT2D eigenvalue weighted by Crippen LogP contribution is -2.28. The summed E-state index contributed by atoms with van der Waals surface area (Å²) in [4.78, 5) is 34.8. The zero-order valence-corrected chi connectivity index (χ0v) is 10.7. The number of carbonyl (C=O) groups excluding carboxylic acids is 2. The monoisotopic (exact) mass is 275 g/mol. The first-order chi connectivity index (χ1) is 9.54. The third kappa shape index (κ3) is 2.51. The van der Waals surface area contributed by atoms with Crippen LogP contribution >= 0.6 is 0 Å². The van der Waals surface area contributed by atoms with E-state index in [1.165, 1.54) is 18.2 Å². The van der Waals surface area contributed by atoms with Gasteiger partial charge in [-0.2, -0.15) is 0 Å². The van der Waals surface area contributed by atoms with Crippen molar-refractivity contribution < 1.29 is 14.5 Å². The van der Waals surface area contributed by atoms with E-state index < -0.39 is 4.92 Å². The Balaban J connectivity index is 2.39. The summed E-state index contributed by atoms with van der Waals surface area (Å²) in [7, 11) is 0. The Morgan fingerprint density at radius 2 is 2.00 bits per heavy atom. The lowest BCUT2D eigenvalue weighted by Gasteiger charge is -2.14. The molecule has 1 aromatic rings. The number of amides is 2. The molecule has 1 N–H and O–H groups in total. The van der Waals surface area contributed by atoms with Crippen molar-refractivity contribution in [2.75, 3.05) is 16.8 Å². The van der Waals surface area contributed by atoms with Crippen LogP contribution in [-0.2, 0) is 9.59 Å². The number of nitro groups is 1. The minimum absolute atomic E-state index is 0.142. The maximum absolute atomic E-state index is 11.6. The number of rotatable bonds is 5. The van der Waals surface area contributed by atoms with Crippen molar-refractivity contribution in [1.82, 2.24) is 0 Å². The van der Waals surface area contributed by atoms with Crippen molar-refractivity contribution in [3.8, 4) is 0 Å². The van der Waals surface area contributed by atoms with Crippen LogP contribution in [0, 0.1) is 10.1 Å². The highest BCUT2D eigenvalue weighted by Crippen LogP contribution is 2.31. The smallest absolute Gasteiger partial charge is 0.294 e. The quantitative estimate of drug-likeness (QED) is 0.383. The number of carbonyl (C=O) groups is 2. The van der Waals surface area contributed by atoms with Crippen LogP contribution in [0.3, 0.4) is 0 Å². The summed E-state index contributed by atoms with van der Waals surface area (Å²) < 4.78 is 0. The highest BCUT2D eigenvalue weighted by Gasteiger charge is 2.31. The molecule has 104 valence electrons. The van der Waals surface area contributed by atoms with E-state index in [2.05, 4.69) is 11.9 Å². The van der Waals surface area contributed by atoms with Gasteiger partial charge < -0.3 is 5.32 Å². The molecule has 0 saturated carbocycles. The minimum Gasteiger partial charge on any atom is -0.376 e. The van der Waals surface area contributed by atoms with Crippen molar-refractivity contribution in [3.05, 3.63) is 41.0 Å². The SMILES string of the molecule is C=CCNc1ccc(N2C(=O)CCC2=O)cc1[N+](=O)[O-]. The molecule has 1 aliphatic rings. The number of nitrogens with zero attached hydrogens (tertiary/aromatic N) is 2. The van der Waals surface area contributed by atoms with Crippen LogP contribution in [0.1, 0.15) is 12.8 Å². The number of hydrogen-bond acceptors (Lipinski definition) is 5. The number of hydrogen-bond donors (Lipinski definition) is 1. The number of nitro benzene ring substituents is 1. The van der Waals surface area contributed by atoms with Gasteiger partial charge in [-0.1, -0.05) is 6.08 Å². The van der Waals surface area contributed by atoms with E-state index in [0.29, 0.717) is 12.2 Å². The third-order valence-electron chi connectivity index (χ3n) is 2.92. The van der Waals surface area contributed by atoms with Gasteiger partial charge in [0.1, 0.15) is 5.69 Å².